The molecule has 0 bridgehead atoms. The molecule has 3 aromatic carbocycles. The number of phenolic OH excluding ortho intramolecular Hbond substituents is 1. The molecule has 2 heterocycles. The highest BCUT2D eigenvalue weighted by molar-refractivity contribution is 6.32. The molecule has 0 radical (unpaired) electrons. The molecule has 0 unspecified atom stereocenters. The normalized spacial score (nSPS) is 29.3. The highest BCUT2D eigenvalue weighted by atomic mass is 35.5. The summed E-state index contributed by atoms with van der Waals surface area (Å²) in [6.07, 6.45) is 2.07. The van der Waals surface area contributed by atoms with Crippen LogP contribution >= 0.6 is 11.6 Å². The Hall–Kier alpha value is -4.76. The van der Waals surface area contributed by atoms with Gasteiger partial charge in [0, 0.05) is 16.5 Å². The van der Waals surface area contributed by atoms with Crippen molar-refractivity contribution in [3.05, 3.63) is 106 Å². The fourth-order valence-electron chi connectivity index (χ4n) is 8.22. The number of carbonyl (C=O) groups is 5. The van der Waals surface area contributed by atoms with Crippen LogP contribution in [0.3, 0.4) is 0 Å². The van der Waals surface area contributed by atoms with Gasteiger partial charge in [0.2, 0.25) is 23.6 Å². The topological polar surface area (TPSA) is 138 Å². The summed E-state index contributed by atoms with van der Waals surface area (Å²) in [5.41, 5.74) is 6.54. The van der Waals surface area contributed by atoms with Gasteiger partial charge in [0.05, 0.1) is 28.9 Å². The zero-order valence-electron chi connectivity index (χ0n) is 23.6. The monoisotopic (exact) mass is 609 g/mol. The third kappa shape index (κ3) is 3.62. The van der Waals surface area contributed by atoms with Gasteiger partial charge >= 0.3 is 6.03 Å². The van der Waals surface area contributed by atoms with Crippen molar-refractivity contribution in [1.29, 1.82) is 0 Å². The van der Waals surface area contributed by atoms with Gasteiger partial charge in [0.25, 0.3) is 0 Å². The summed E-state index contributed by atoms with van der Waals surface area (Å²) in [4.78, 5) is 70.4. The number of hydrogen-bond acceptors (Lipinski definition) is 6. The van der Waals surface area contributed by atoms with Gasteiger partial charge < -0.3 is 10.8 Å². The number of anilines is 1. The molecule has 10 heteroatoms. The van der Waals surface area contributed by atoms with E-state index in [-0.39, 0.29) is 18.6 Å². The number of halogens is 1. The van der Waals surface area contributed by atoms with Gasteiger partial charge in [-0.2, -0.15) is 4.90 Å². The second-order valence-electron chi connectivity index (χ2n) is 12.0. The van der Waals surface area contributed by atoms with Crippen LogP contribution in [-0.4, -0.2) is 39.7 Å². The van der Waals surface area contributed by atoms with Gasteiger partial charge in [-0.15, -0.1) is 0 Å². The van der Waals surface area contributed by atoms with Crippen molar-refractivity contribution >= 4 is 46.9 Å². The molecule has 2 aliphatic heterocycles. The number of hydrogen-bond donors (Lipinski definition) is 2. The summed E-state index contributed by atoms with van der Waals surface area (Å²) in [7, 11) is 0. The van der Waals surface area contributed by atoms with Crippen molar-refractivity contribution in [2.75, 3.05) is 4.90 Å². The van der Waals surface area contributed by atoms with Crippen molar-refractivity contribution < 1.29 is 29.1 Å². The van der Waals surface area contributed by atoms with E-state index >= 15 is 4.79 Å². The van der Waals surface area contributed by atoms with Gasteiger partial charge in [-0.3, -0.25) is 19.2 Å². The van der Waals surface area contributed by atoms with Crippen LogP contribution < -0.4 is 10.6 Å². The van der Waals surface area contributed by atoms with E-state index in [1.807, 2.05) is 24.3 Å². The third-order valence-electron chi connectivity index (χ3n) is 9.97. The number of primary amides is 1. The number of carbonyl (C=O) groups excluding carboxylic acids is 5. The quantitative estimate of drug-likeness (QED) is 0.329. The Morgan fingerprint density at radius 1 is 0.932 bits per heavy atom. The van der Waals surface area contributed by atoms with E-state index in [0.717, 1.165) is 4.90 Å². The minimum Gasteiger partial charge on any atom is -0.507 e. The summed E-state index contributed by atoms with van der Waals surface area (Å²) >= 11 is 6.31. The van der Waals surface area contributed by atoms with E-state index in [1.54, 1.807) is 61.5 Å². The van der Waals surface area contributed by atoms with Gasteiger partial charge in [0.1, 0.15) is 5.75 Å². The number of para-hydroxylation sites is 1. The highest BCUT2D eigenvalue weighted by Crippen LogP contribution is 2.65. The van der Waals surface area contributed by atoms with E-state index in [1.165, 1.54) is 0 Å². The number of aromatic hydroxyl groups is 1. The van der Waals surface area contributed by atoms with Crippen molar-refractivity contribution in [2.45, 2.75) is 31.1 Å². The van der Waals surface area contributed by atoms with E-state index in [0.29, 0.717) is 37.9 Å². The van der Waals surface area contributed by atoms with E-state index in [4.69, 9.17) is 17.3 Å². The second kappa shape index (κ2) is 9.89. The first-order valence-electron chi connectivity index (χ1n) is 14.4. The van der Waals surface area contributed by atoms with E-state index in [2.05, 4.69) is 0 Å². The van der Waals surface area contributed by atoms with E-state index in [9.17, 15) is 24.3 Å². The van der Waals surface area contributed by atoms with Crippen LogP contribution in [0.15, 0.2) is 84.4 Å². The molecule has 44 heavy (non-hydrogen) atoms. The van der Waals surface area contributed by atoms with Gasteiger partial charge in [0.15, 0.2) is 0 Å². The number of rotatable bonds is 3. The number of urea groups is 1. The standard InChI is InChI=1S/C34H28ClN3O6/c1-17-7-5-12-23(28(17)39)27-21-13-14-22-26(31(42)38(29(22)40)33(36)44)24(21)16-25-30(41)37(20-11-6-10-19(35)15-20)32(43)34(25,27)18-8-3-2-4-9-18/h2-13,15,22,24-27,39H,14,16H2,1H3,(H2,36,44)/t22-,24+,25-,26-,27+,34+/m0/s1. The Morgan fingerprint density at radius 2 is 1.66 bits per heavy atom. The van der Waals surface area contributed by atoms with Crippen molar-refractivity contribution in [2.24, 2.45) is 29.4 Å². The lowest BCUT2D eigenvalue weighted by molar-refractivity contribution is -0.136. The average molecular weight is 610 g/mol. The van der Waals surface area contributed by atoms with Gasteiger partial charge in [-0.1, -0.05) is 77.8 Å². The lowest BCUT2D eigenvalue weighted by atomic mass is 9.49. The predicted molar refractivity (Wildman–Crippen MR) is 160 cm³/mol. The fourth-order valence-corrected chi connectivity index (χ4v) is 8.40. The summed E-state index contributed by atoms with van der Waals surface area (Å²) in [5.74, 6) is -6.62. The first-order chi connectivity index (χ1) is 21.1. The molecule has 1 saturated carbocycles. The largest absolute Gasteiger partial charge is 0.507 e. The first kappa shape index (κ1) is 28.0. The van der Waals surface area contributed by atoms with Crippen LogP contribution in [0.5, 0.6) is 5.75 Å². The Labute approximate surface area is 257 Å². The molecule has 0 spiro atoms. The van der Waals surface area contributed by atoms with Crippen LogP contribution in [-0.2, 0) is 24.6 Å². The summed E-state index contributed by atoms with van der Waals surface area (Å²) in [6, 6.07) is 19.7. The maximum Gasteiger partial charge on any atom is 0.328 e. The summed E-state index contributed by atoms with van der Waals surface area (Å²) in [5, 5.41) is 11.9. The van der Waals surface area contributed by atoms with Crippen LogP contribution in [0.4, 0.5) is 10.5 Å². The molecule has 9 nitrogen and oxygen atoms in total. The Kier molecular flexibility index (Phi) is 6.30. The molecule has 3 fully saturated rings. The molecular formula is C34H28ClN3O6. The number of allylic oxidation sites excluding steroid dienone is 2. The van der Waals surface area contributed by atoms with E-state index < -0.39 is 64.7 Å². The minimum atomic E-state index is -1.50. The maximum atomic E-state index is 15.1. The SMILES string of the molecule is Cc1cccc([C@H]2C3=CC[C@@H]4C(=O)N(C(N)=O)C(=O)[C@@H]4[C@@H]3C[C@H]3C(=O)N(c4cccc(Cl)c4)C(=O)[C@@]23c2ccccc2)c1O. The van der Waals surface area contributed by atoms with Crippen LogP contribution in [0.2, 0.25) is 5.02 Å². The Morgan fingerprint density at radius 3 is 2.36 bits per heavy atom. The Balaban J connectivity index is 1.52. The molecule has 4 aliphatic rings. The molecule has 3 N–H and O–H groups in total. The number of phenols is 1. The first-order valence-corrected chi connectivity index (χ1v) is 14.8. The second-order valence-corrected chi connectivity index (χ2v) is 12.4. The number of aryl methyl sites for hydroxylation is 1. The molecule has 222 valence electrons. The molecule has 7 rings (SSSR count). The smallest absolute Gasteiger partial charge is 0.328 e. The van der Waals surface area contributed by atoms with Crippen molar-refractivity contribution in [3.63, 3.8) is 0 Å². The number of nitrogens with zero attached hydrogens (tertiary/aromatic N) is 2. The number of fused-ring (bicyclic) bond motifs is 4. The summed E-state index contributed by atoms with van der Waals surface area (Å²) < 4.78 is 0. The van der Waals surface area contributed by atoms with Crippen LogP contribution in [0.1, 0.15) is 35.4 Å². The van der Waals surface area contributed by atoms with Gasteiger partial charge in [-0.25, -0.2) is 9.69 Å². The predicted octanol–water partition coefficient (Wildman–Crippen LogP) is 4.60. The number of imide groups is 4. The molecule has 2 aliphatic carbocycles. The molecule has 3 aromatic rings. The summed E-state index contributed by atoms with van der Waals surface area (Å²) in [6.45, 7) is 1.75. The molecule has 0 aromatic heterocycles. The fraction of sp³-hybridized carbons (Fsp3) is 0.265. The zero-order valence-corrected chi connectivity index (χ0v) is 24.4. The van der Waals surface area contributed by atoms with Crippen molar-refractivity contribution in [3.8, 4) is 5.75 Å². The van der Waals surface area contributed by atoms with Crippen LogP contribution in [0.25, 0.3) is 0 Å². The highest BCUT2D eigenvalue weighted by Gasteiger charge is 2.70. The number of amides is 6. The zero-order chi connectivity index (χ0) is 31.1. The van der Waals surface area contributed by atoms with Crippen molar-refractivity contribution in [1.82, 2.24) is 4.90 Å². The molecule has 6 amide bonds. The molecule has 2 saturated heterocycles. The number of likely N-dealkylation sites (tertiary alicyclic amines) is 1. The maximum absolute atomic E-state index is 15.1. The minimum absolute atomic E-state index is 0.0238. The number of nitrogens with two attached hydrogens (primary N) is 1. The molecular weight excluding hydrogens is 582 g/mol. The third-order valence-corrected chi connectivity index (χ3v) is 10.2. The number of benzene rings is 3. The Bertz CT molecular complexity index is 1820. The lowest BCUT2D eigenvalue weighted by Gasteiger charge is -2.50. The van der Waals surface area contributed by atoms with Crippen LogP contribution in [0, 0.1) is 30.6 Å². The average Bonchev–Trinajstić information content (AvgIpc) is 3.40. The van der Waals surface area contributed by atoms with Gasteiger partial charge in [-0.05, 0) is 55.0 Å². The lowest BCUT2D eigenvalue weighted by Crippen LogP contribution is -2.53. The molecule has 6 atom stereocenters.